The summed E-state index contributed by atoms with van der Waals surface area (Å²) in [6.07, 6.45) is 1.36. The van der Waals surface area contributed by atoms with Crippen molar-refractivity contribution in [2.75, 3.05) is 27.4 Å². The Labute approximate surface area is 93.1 Å². The maximum atomic E-state index is 5.75. The summed E-state index contributed by atoms with van der Waals surface area (Å²) in [7, 11) is 1.28. The molecule has 15 heavy (non-hydrogen) atoms. The van der Waals surface area contributed by atoms with Crippen LogP contribution in [0.5, 0.6) is 0 Å². The van der Waals surface area contributed by atoms with Crippen LogP contribution in [0.1, 0.15) is 20.3 Å². The van der Waals surface area contributed by atoms with Gasteiger partial charge in [-0.2, -0.15) is 0 Å². The zero-order valence-corrected chi connectivity index (χ0v) is 11.1. The SMILES string of the molecule is CCC[Si](OC)(OC)C(C)OCC1CO1. The van der Waals surface area contributed by atoms with Crippen molar-refractivity contribution in [2.24, 2.45) is 0 Å². The van der Waals surface area contributed by atoms with Crippen molar-refractivity contribution >= 4 is 8.56 Å². The van der Waals surface area contributed by atoms with Gasteiger partial charge in [-0.05, 0) is 13.0 Å². The lowest BCUT2D eigenvalue weighted by Crippen LogP contribution is -2.52. The predicted molar refractivity (Wildman–Crippen MR) is 60.0 cm³/mol. The molecule has 0 spiro atoms. The van der Waals surface area contributed by atoms with Gasteiger partial charge < -0.3 is 18.3 Å². The molecule has 0 N–H and O–H groups in total. The van der Waals surface area contributed by atoms with Crippen molar-refractivity contribution in [3.05, 3.63) is 0 Å². The number of hydrogen-bond acceptors (Lipinski definition) is 4. The van der Waals surface area contributed by atoms with Crippen LogP contribution in [0.3, 0.4) is 0 Å². The van der Waals surface area contributed by atoms with Gasteiger partial charge in [0.2, 0.25) is 0 Å². The summed E-state index contributed by atoms with van der Waals surface area (Å²) in [6.45, 7) is 5.66. The Morgan fingerprint density at radius 2 is 2.00 bits per heavy atom. The molecule has 0 radical (unpaired) electrons. The Morgan fingerprint density at radius 1 is 1.40 bits per heavy atom. The lowest BCUT2D eigenvalue weighted by molar-refractivity contribution is 0.0580. The highest BCUT2D eigenvalue weighted by atomic mass is 28.4. The highest BCUT2D eigenvalue weighted by Gasteiger charge is 2.42. The molecular formula is C10H22O4Si. The van der Waals surface area contributed by atoms with Crippen molar-refractivity contribution in [1.29, 1.82) is 0 Å². The molecule has 1 aliphatic heterocycles. The molecule has 2 atom stereocenters. The molecule has 0 aromatic heterocycles. The summed E-state index contributed by atoms with van der Waals surface area (Å²) < 4.78 is 22.0. The Balaban J connectivity index is 2.43. The fourth-order valence-electron chi connectivity index (χ4n) is 1.71. The van der Waals surface area contributed by atoms with Crippen LogP contribution in [0, 0.1) is 0 Å². The van der Waals surface area contributed by atoms with Crippen molar-refractivity contribution in [1.82, 2.24) is 0 Å². The third kappa shape index (κ3) is 3.53. The van der Waals surface area contributed by atoms with Crippen LogP contribution in [0.4, 0.5) is 0 Å². The van der Waals surface area contributed by atoms with Crippen LogP contribution in [-0.4, -0.2) is 47.8 Å². The average molecular weight is 234 g/mol. The Kier molecular flexibility index (Phi) is 5.21. The molecule has 1 heterocycles. The van der Waals surface area contributed by atoms with E-state index >= 15 is 0 Å². The zero-order chi connectivity index (χ0) is 11.3. The molecule has 4 nitrogen and oxygen atoms in total. The van der Waals surface area contributed by atoms with Gasteiger partial charge >= 0.3 is 8.56 Å². The van der Waals surface area contributed by atoms with E-state index < -0.39 is 8.56 Å². The first kappa shape index (κ1) is 13.1. The molecule has 0 bridgehead atoms. The van der Waals surface area contributed by atoms with Gasteiger partial charge in [-0.1, -0.05) is 13.3 Å². The predicted octanol–water partition coefficient (Wildman–Crippen LogP) is 1.47. The van der Waals surface area contributed by atoms with Gasteiger partial charge in [0.1, 0.15) is 6.10 Å². The van der Waals surface area contributed by atoms with E-state index in [1.54, 1.807) is 14.2 Å². The largest absolute Gasteiger partial charge is 0.396 e. The molecular weight excluding hydrogens is 212 g/mol. The number of ether oxygens (including phenoxy) is 2. The van der Waals surface area contributed by atoms with Crippen LogP contribution in [0.15, 0.2) is 0 Å². The Hall–Kier alpha value is 0.0569. The van der Waals surface area contributed by atoms with Crippen molar-refractivity contribution in [3.63, 3.8) is 0 Å². The van der Waals surface area contributed by atoms with Crippen molar-refractivity contribution in [3.8, 4) is 0 Å². The standard InChI is InChI=1S/C10H22O4Si/c1-5-6-15(11-3,12-4)9(2)13-7-10-8-14-10/h9-10H,5-8H2,1-4H3. The van der Waals surface area contributed by atoms with E-state index in [1.165, 1.54) is 0 Å². The topological polar surface area (TPSA) is 40.2 Å². The minimum Gasteiger partial charge on any atom is -0.396 e. The lowest BCUT2D eigenvalue weighted by Gasteiger charge is -2.32. The molecule has 1 aliphatic rings. The minimum atomic E-state index is -2.16. The number of rotatable bonds is 8. The summed E-state index contributed by atoms with van der Waals surface area (Å²) in [5.74, 6) is 0. The fourth-order valence-corrected chi connectivity index (χ4v) is 4.41. The van der Waals surface area contributed by atoms with Gasteiger partial charge in [0.15, 0.2) is 0 Å². The quantitative estimate of drug-likeness (QED) is 0.471. The fraction of sp³-hybridized carbons (Fsp3) is 1.00. The highest BCUT2D eigenvalue weighted by Crippen LogP contribution is 2.22. The molecule has 1 fully saturated rings. The molecule has 5 heteroatoms. The van der Waals surface area contributed by atoms with Gasteiger partial charge in [-0.3, -0.25) is 0 Å². The molecule has 0 saturated carbocycles. The van der Waals surface area contributed by atoms with Crippen LogP contribution in [0.25, 0.3) is 0 Å². The van der Waals surface area contributed by atoms with Crippen LogP contribution in [0.2, 0.25) is 6.04 Å². The minimum absolute atomic E-state index is 0.0525. The summed E-state index contributed by atoms with van der Waals surface area (Å²) in [5, 5.41) is 0. The number of epoxide rings is 1. The maximum absolute atomic E-state index is 5.75. The highest BCUT2D eigenvalue weighted by molar-refractivity contribution is 6.68. The van der Waals surface area contributed by atoms with Crippen LogP contribution < -0.4 is 0 Å². The smallest absolute Gasteiger partial charge is 0.367 e. The van der Waals surface area contributed by atoms with E-state index in [4.69, 9.17) is 18.3 Å². The van der Waals surface area contributed by atoms with E-state index in [-0.39, 0.29) is 5.73 Å². The van der Waals surface area contributed by atoms with Gasteiger partial charge in [-0.15, -0.1) is 0 Å². The second-order valence-corrected chi connectivity index (χ2v) is 7.65. The average Bonchev–Trinajstić information content (AvgIpc) is 3.06. The zero-order valence-electron chi connectivity index (χ0n) is 10.1. The first-order chi connectivity index (χ1) is 7.18. The monoisotopic (exact) mass is 234 g/mol. The van der Waals surface area contributed by atoms with Gasteiger partial charge in [0.05, 0.1) is 18.9 Å². The third-order valence-electron chi connectivity index (χ3n) is 2.84. The Morgan fingerprint density at radius 3 is 2.40 bits per heavy atom. The lowest BCUT2D eigenvalue weighted by atomic mass is 10.5. The van der Waals surface area contributed by atoms with E-state index in [0.717, 1.165) is 19.1 Å². The summed E-state index contributed by atoms with van der Waals surface area (Å²) >= 11 is 0. The molecule has 1 saturated heterocycles. The maximum Gasteiger partial charge on any atom is 0.367 e. The first-order valence-electron chi connectivity index (χ1n) is 5.52. The van der Waals surface area contributed by atoms with Crippen molar-refractivity contribution < 1.29 is 18.3 Å². The number of hydrogen-bond donors (Lipinski definition) is 0. The second kappa shape index (κ2) is 5.96. The van der Waals surface area contributed by atoms with Crippen molar-refractivity contribution in [2.45, 2.75) is 38.1 Å². The van der Waals surface area contributed by atoms with Gasteiger partial charge in [0.25, 0.3) is 0 Å². The van der Waals surface area contributed by atoms with E-state index in [2.05, 4.69) is 6.92 Å². The van der Waals surface area contributed by atoms with E-state index in [0.29, 0.717) is 12.7 Å². The third-order valence-corrected chi connectivity index (χ3v) is 6.83. The summed E-state index contributed by atoms with van der Waals surface area (Å²) in [4.78, 5) is 0. The normalized spacial score (nSPS) is 22.8. The summed E-state index contributed by atoms with van der Waals surface area (Å²) in [5.41, 5.74) is 0.0525. The van der Waals surface area contributed by atoms with Crippen LogP contribution >= 0.6 is 0 Å². The Bertz CT molecular complexity index is 180. The summed E-state index contributed by atoms with van der Waals surface area (Å²) in [6, 6.07) is 0.965. The molecule has 1 rings (SSSR count). The molecule has 90 valence electrons. The molecule has 0 aromatic rings. The molecule has 0 amide bonds. The second-order valence-electron chi connectivity index (χ2n) is 3.90. The molecule has 0 aromatic carbocycles. The van der Waals surface area contributed by atoms with Gasteiger partial charge in [0, 0.05) is 14.2 Å². The molecule has 2 unspecified atom stereocenters. The molecule has 0 aliphatic carbocycles. The van der Waals surface area contributed by atoms with Crippen LogP contribution in [-0.2, 0) is 18.3 Å². The van der Waals surface area contributed by atoms with E-state index in [1.807, 2.05) is 6.92 Å². The van der Waals surface area contributed by atoms with Gasteiger partial charge in [-0.25, -0.2) is 0 Å². The first-order valence-corrected chi connectivity index (χ1v) is 7.62. The van der Waals surface area contributed by atoms with E-state index in [9.17, 15) is 0 Å².